The summed E-state index contributed by atoms with van der Waals surface area (Å²) in [6, 6.07) is 10.1. The van der Waals surface area contributed by atoms with Crippen molar-refractivity contribution < 1.29 is 23.1 Å². The minimum absolute atomic E-state index is 0.0738. The lowest BCUT2D eigenvalue weighted by Gasteiger charge is -2.19. The molecule has 1 heterocycles. The fourth-order valence-corrected chi connectivity index (χ4v) is 2.95. The Morgan fingerprint density at radius 2 is 1.89 bits per heavy atom. The van der Waals surface area contributed by atoms with Crippen LogP contribution in [0.4, 0.5) is 19.3 Å². The second kappa shape index (κ2) is 8.69. The summed E-state index contributed by atoms with van der Waals surface area (Å²) in [6.07, 6.45) is 0. The van der Waals surface area contributed by atoms with E-state index in [-0.39, 0.29) is 24.7 Å². The number of ether oxygens (including phenoxy) is 1. The van der Waals surface area contributed by atoms with Gasteiger partial charge in [-0.3, -0.25) is 9.69 Å². The van der Waals surface area contributed by atoms with E-state index in [4.69, 9.17) is 4.74 Å². The number of halogens is 2. The highest BCUT2D eigenvalue weighted by Crippen LogP contribution is 2.23. The number of carbonyl (C=O) groups is 2. The number of hydrogen-bond acceptors (Lipinski definition) is 3. The lowest BCUT2D eigenvalue weighted by atomic mass is 10.2. The van der Waals surface area contributed by atoms with Gasteiger partial charge in [0.05, 0.1) is 6.61 Å². The maximum Gasteiger partial charge on any atom is 0.325 e. The van der Waals surface area contributed by atoms with Crippen LogP contribution < -0.4 is 15.0 Å². The molecule has 0 saturated carbocycles. The van der Waals surface area contributed by atoms with Crippen LogP contribution in [-0.4, -0.2) is 43.1 Å². The minimum Gasteiger partial charge on any atom is -0.494 e. The molecule has 0 bridgehead atoms. The van der Waals surface area contributed by atoms with E-state index in [1.807, 2.05) is 6.92 Å². The molecule has 6 nitrogen and oxygen atoms in total. The fourth-order valence-electron chi connectivity index (χ4n) is 2.95. The summed E-state index contributed by atoms with van der Waals surface area (Å²) in [7, 11) is 0. The third kappa shape index (κ3) is 4.57. The molecule has 0 unspecified atom stereocenters. The van der Waals surface area contributed by atoms with Gasteiger partial charge in [-0.25, -0.2) is 13.6 Å². The highest BCUT2D eigenvalue weighted by Gasteiger charge is 2.30. The molecular weight excluding hydrogens is 368 g/mol. The molecule has 0 spiro atoms. The number of urea groups is 1. The molecule has 1 saturated heterocycles. The van der Waals surface area contributed by atoms with Gasteiger partial charge >= 0.3 is 6.03 Å². The SMILES string of the molecule is CCOc1ccc(N2CCN(CC(=O)NCc3ccc(F)cc3F)C2=O)cc1. The number of nitrogens with zero attached hydrogens (tertiary/aromatic N) is 2. The molecule has 8 heteroatoms. The molecule has 148 valence electrons. The maximum atomic E-state index is 13.6. The summed E-state index contributed by atoms with van der Waals surface area (Å²) in [5.41, 5.74) is 0.906. The van der Waals surface area contributed by atoms with Crippen LogP contribution in [-0.2, 0) is 11.3 Å². The summed E-state index contributed by atoms with van der Waals surface area (Å²) in [6.45, 7) is 3.12. The molecule has 3 rings (SSSR count). The highest BCUT2D eigenvalue weighted by molar-refractivity contribution is 5.96. The van der Waals surface area contributed by atoms with Crippen molar-refractivity contribution in [2.24, 2.45) is 0 Å². The maximum absolute atomic E-state index is 13.6. The Balaban J connectivity index is 1.53. The topological polar surface area (TPSA) is 61.9 Å². The molecule has 2 aromatic rings. The minimum atomic E-state index is -0.723. The van der Waals surface area contributed by atoms with Crippen LogP contribution in [0.3, 0.4) is 0 Å². The molecule has 1 aliphatic rings. The van der Waals surface area contributed by atoms with E-state index in [0.29, 0.717) is 19.7 Å². The van der Waals surface area contributed by atoms with Gasteiger partial charge < -0.3 is 15.0 Å². The summed E-state index contributed by atoms with van der Waals surface area (Å²) in [4.78, 5) is 27.7. The van der Waals surface area contributed by atoms with Crippen LogP contribution in [0.5, 0.6) is 5.75 Å². The van der Waals surface area contributed by atoms with Crippen molar-refractivity contribution in [3.63, 3.8) is 0 Å². The standard InChI is InChI=1S/C20H21F2N3O3/c1-2-28-17-7-5-16(6-8-17)25-10-9-24(20(25)27)13-19(26)23-12-14-3-4-15(21)11-18(14)22/h3-8,11H,2,9-10,12-13H2,1H3,(H,23,26). The average Bonchev–Trinajstić information content (AvgIpc) is 3.02. The third-order valence-electron chi connectivity index (χ3n) is 4.38. The zero-order chi connectivity index (χ0) is 20.1. The van der Waals surface area contributed by atoms with Crippen LogP contribution in [0.25, 0.3) is 0 Å². The second-order valence-electron chi connectivity index (χ2n) is 6.30. The predicted molar refractivity (Wildman–Crippen MR) is 100 cm³/mol. The Bertz CT molecular complexity index is 858. The first-order valence-corrected chi connectivity index (χ1v) is 8.98. The zero-order valence-electron chi connectivity index (χ0n) is 15.5. The molecule has 0 aromatic heterocycles. The Hall–Kier alpha value is -3.16. The zero-order valence-corrected chi connectivity index (χ0v) is 15.5. The van der Waals surface area contributed by atoms with Crippen LogP contribution in [0.2, 0.25) is 0 Å². The van der Waals surface area contributed by atoms with E-state index in [1.54, 1.807) is 29.2 Å². The largest absolute Gasteiger partial charge is 0.494 e. The first-order valence-electron chi connectivity index (χ1n) is 8.98. The molecule has 1 N–H and O–H groups in total. The van der Waals surface area contributed by atoms with Gasteiger partial charge in [-0.15, -0.1) is 0 Å². The lowest BCUT2D eigenvalue weighted by Crippen LogP contribution is -2.39. The molecule has 3 amide bonds. The molecule has 1 aliphatic heterocycles. The molecule has 0 atom stereocenters. The summed E-state index contributed by atoms with van der Waals surface area (Å²) >= 11 is 0. The van der Waals surface area contributed by atoms with Crippen molar-refractivity contribution >= 4 is 17.6 Å². The van der Waals surface area contributed by atoms with E-state index in [2.05, 4.69) is 5.32 Å². The van der Waals surface area contributed by atoms with E-state index < -0.39 is 17.5 Å². The van der Waals surface area contributed by atoms with Crippen LogP contribution in [0, 0.1) is 11.6 Å². The van der Waals surface area contributed by atoms with Crippen molar-refractivity contribution in [2.45, 2.75) is 13.5 Å². The number of benzene rings is 2. The molecular formula is C20H21F2N3O3. The van der Waals surface area contributed by atoms with Gasteiger partial charge in [0, 0.05) is 37.0 Å². The Morgan fingerprint density at radius 3 is 2.57 bits per heavy atom. The van der Waals surface area contributed by atoms with Crippen molar-refractivity contribution in [1.82, 2.24) is 10.2 Å². The van der Waals surface area contributed by atoms with E-state index in [0.717, 1.165) is 23.6 Å². The van der Waals surface area contributed by atoms with Gasteiger partial charge in [0.1, 0.15) is 23.9 Å². The van der Waals surface area contributed by atoms with E-state index in [1.165, 1.54) is 11.0 Å². The van der Waals surface area contributed by atoms with Gasteiger partial charge in [0.25, 0.3) is 0 Å². The van der Waals surface area contributed by atoms with Crippen LogP contribution in [0.15, 0.2) is 42.5 Å². The van der Waals surface area contributed by atoms with Gasteiger partial charge in [-0.2, -0.15) is 0 Å². The van der Waals surface area contributed by atoms with Crippen molar-refractivity contribution in [2.75, 3.05) is 31.1 Å². The normalized spacial score (nSPS) is 13.8. The molecule has 28 heavy (non-hydrogen) atoms. The quantitative estimate of drug-likeness (QED) is 0.792. The van der Waals surface area contributed by atoms with Crippen molar-refractivity contribution in [3.05, 3.63) is 59.7 Å². The van der Waals surface area contributed by atoms with Gasteiger partial charge in [-0.1, -0.05) is 6.07 Å². The molecule has 1 fully saturated rings. The number of nitrogens with one attached hydrogen (secondary N) is 1. The number of amides is 3. The Morgan fingerprint density at radius 1 is 1.14 bits per heavy atom. The number of hydrogen-bond donors (Lipinski definition) is 1. The summed E-state index contributed by atoms with van der Waals surface area (Å²) < 4.78 is 31.9. The van der Waals surface area contributed by atoms with E-state index >= 15 is 0 Å². The molecule has 2 aromatic carbocycles. The van der Waals surface area contributed by atoms with Gasteiger partial charge in [-0.05, 0) is 37.3 Å². The summed E-state index contributed by atoms with van der Waals surface area (Å²) in [5.74, 6) is -1.09. The molecule has 0 aliphatic carbocycles. The summed E-state index contributed by atoms with van der Waals surface area (Å²) in [5, 5.41) is 2.55. The number of rotatable bonds is 7. The lowest BCUT2D eigenvalue weighted by molar-refractivity contribution is -0.121. The number of carbonyl (C=O) groups excluding carboxylic acids is 2. The highest BCUT2D eigenvalue weighted by atomic mass is 19.1. The Labute approximate surface area is 161 Å². The monoisotopic (exact) mass is 389 g/mol. The third-order valence-corrected chi connectivity index (χ3v) is 4.38. The predicted octanol–water partition coefficient (Wildman–Crippen LogP) is 2.92. The van der Waals surface area contributed by atoms with Crippen molar-refractivity contribution in [3.8, 4) is 5.75 Å². The van der Waals surface area contributed by atoms with Gasteiger partial charge in [0.15, 0.2) is 0 Å². The Kier molecular flexibility index (Phi) is 6.08. The second-order valence-corrected chi connectivity index (χ2v) is 6.30. The smallest absolute Gasteiger partial charge is 0.325 e. The van der Waals surface area contributed by atoms with E-state index in [9.17, 15) is 18.4 Å². The van der Waals surface area contributed by atoms with Gasteiger partial charge in [0.2, 0.25) is 5.91 Å². The van der Waals surface area contributed by atoms with Crippen LogP contribution >= 0.6 is 0 Å². The first-order chi connectivity index (χ1) is 13.5. The average molecular weight is 389 g/mol. The molecule has 0 radical (unpaired) electrons. The van der Waals surface area contributed by atoms with Crippen molar-refractivity contribution in [1.29, 1.82) is 0 Å². The first kappa shape index (κ1) is 19.6. The number of anilines is 1. The van der Waals surface area contributed by atoms with Crippen LogP contribution in [0.1, 0.15) is 12.5 Å². The fraction of sp³-hybridized carbons (Fsp3) is 0.300.